The van der Waals surface area contributed by atoms with Crippen molar-refractivity contribution >= 4 is 17.8 Å². The lowest BCUT2D eigenvalue weighted by molar-refractivity contribution is -0.126. The molecule has 0 spiro atoms. The normalized spacial score (nSPS) is 23.1. The van der Waals surface area contributed by atoms with Crippen molar-refractivity contribution in [2.45, 2.75) is 64.1 Å². The van der Waals surface area contributed by atoms with Crippen LogP contribution in [0.2, 0.25) is 0 Å². The van der Waals surface area contributed by atoms with E-state index in [1.807, 2.05) is 20.8 Å². The van der Waals surface area contributed by atoms with Gasteiger partial charge in [-0.05, 0) is 40.0 Å². The molecule has 0 aromatic heterocycles. The molecule has 2 aliphatic heterocycles. The van der Waals surface area contributed by atoms with Gasteiger partial charge in [-0.15, -0.1) is 0 Å². The fraction of sp³-hybridized carbons (Fsp3) is 0.800. The Labute approximate surface area is 131 Å². The molecular formula is C15H26N4O3. The van der Waals surface area contributed by atoms with Crippen LogP contribution in [-0.4, -0.2) is 53.5 Å². The summed E-state index contributed by atoms with van der Waals surface area (Å²) in [4.78, 5) is 37.0. The summed E-state index contributed by atoms with van der Waals surface area (Å²) in [5, 5.41) is 8.59. The lowest BCUT2D eigenvalue weighted by Gasteiger charge is -2.34. The molecule has 2 fully saturated rings. The zero-order chi connectivity index (χ0) is 16.3. The fourth-order valence-corrected chi connectivity index (χ4v) is 2.74. The van der Waals surface area contributed by atoms with Crippen molar-refractivity contribution in [2.75, 3.05) is 13.1 Å². The summed E-state index contributed by atoms with van der Waals surface area (Å²) in [6.07, 6.45) is 2.47. The van der Waals surface area contributed by atoms with Crippen LogP contribution in [0.25, 0.3) is 0 Å². The molecule has 124 valence electrons. The summed E-state index contributed by atoms with van der Waals surface area (Å²) < 4.78 is 0. The third-order valence-corrected chi connectivity index (χ3v) is 3.92. The van der Waals surface area contributed by atoms with E-state index in [1.54, 1.807) is 4.90 Å². The minimum atomic E-state index is -0.394. The van der Waals surface area contributed by atoms with Gasteiger partial charge in [-0.3, -0.25) is 9.59 Å². The Bertz CT molecular complexity index is 450. The smallest absolute Gasteiger partial charge is 0.317 e. The highest BCUT2D eigenvalue weighted by Crippen LogP contribution is 2.13. The second-order valence-corrected chi connectivity index (χ2v) is 7.11. The second-order valence-electron chi connectivity index (χ2n) is 7.11. The van der Waals surface area contributed by atoms with E-state index in [9.17, 15) is 14.4 Å². The maximum Gasteiger partial charge on any atom is 0.317 e. The molecule has 0 bridgehead atoms. The minimum Gasteiger partial charge on any atom is -0.351 e. The highest BCUT2D eigenvalue weighted by molar-refractivity contribution is 5.90. The van der Waals surface area contributed by atoms with Gasteiger partial charge in [0.15, 0.2) is 0 Å². The summed E-state index contributed by atoms with van der Waals surface area (Å²) in [6.45, 7) is 7.11. The molecule has 3 N–H and O–H groups in total. The van der Waals surface area contributed by atoms with E-state index in [0.29, 0.717) is 25.9 Å². The molecule has 0 aliphatic carbocycles. The van der Waals surface area contributed by atoms with Crippen LogP contribution >= 0.6 is 0 Å². The number of nitrogens with one attached hydrogen (secondary N) is 3. The van der Waals surface area contributed by atoms with Gasteiger partial charge in [0.05, 0.1) is 0 Å². The maximum atomic E-state index is 12.1. The van der Waals surface area contributed by atoms with Gasteiger partial charge in [0, 0.05) is 31.1 Å². The Hall–Kier alpha value is -1.79. The predicted octanol–water partition coefficient (Wildman–Crippen LogP) is 0.354. The molecule has 4 amide bonds. The van der Waals surface area contributed by atoms with Crippen LogP contribution in [0.4, 0.5) is 4.79 Å². The SMILES string of the molecule is CC(C)(C)NC(=O)N1CCC(NC(=O)C2CCC(=O)N2)CC1. The van der Waals surface area contributed by atoms with E-state index >= 15 is 0 Å². The molecule has 2 saturated heterocycles. The first kappa shape index (κ1) is 16.6. The van der Waals surface area contributed by atoms with Gasteiger partial charge >= 0.3 is 6.03 Å². The zero-order valence-corrected chi connectivity index (χ0v) is 13.6. The van der Waals surface area contributed by atoms with Crippen molar-refractivity contribution < 1.29 is 14.4 Å². The number of carbonyl (C=O) groups is 3. The van der Waals surface area contributed by atoms with Crippen LogP contribution < -0.4 is 16.0 Å². The summed E-state index contributed by atoms with van der Waals surface area (Å²) >= 11 is 0. The van der Waals surface area contributed by atoms with Gasteiger partial charge in [0.1, 0.15) is 6.04 Å². The van der Waals surface area contributed by atoms with Crippen LogP contribution in [0, 0.1) is 0 Å². The molecule has 2 heterocycles. The molecule has 0 saturated carbocycles. The highest BCUT2D eigenvalue weighted by atomic mass is 16.2. The first-order chi connectivity index (χ1) is 10.2. The van der Waals surface area contributed by atoms with Crippen molar-refractivity contribution in [3.63, 3.8) is 0 Å². The summed E-state index contributed by atoms with van der Waals surface area (Å²) in [5.41, 5.74) is -0.247. The van der Waals surface area contributed by atoms with Crippen LogP contribution in [0.3, 0.4) is 0 Å². The number of hydrogen-bond donors (Lipinski definition) is 3. The number of rotatable bonds is 2. The number of hydrogen-bond acceptors (Lipinski definition) is 3. The predicted molar refractivity (Wildman–Crippen MR) is 82.2 cm³/mol. The van der Waals surface area contributed by atoms with Gasteiger partial charge in [0.25, 0.3) is 0 Å². The molecule has 0 aromatic carbocycles. The lowest BCUT2D eigenvalue weighted by Crippen LogP contribution is -2.54. The molecule has 7 nitrogen and oxygen atoms in total. The van der Waals surface area contributed by atoms with Crippen molar-refractivity contribution in [3.05, 3.63) is 0 Å². The van der Waals surface area contributed by atoms with Gasteiger partial charge in [-0.2, -0.15) is 0 Å². The van der Waals surface area contributed by atoms with Gasteiger partial charge in [0.2, 0.25) is 11.8 Å². The van der Waals surface area contributed by atoms with E-state index in [-0.39, 0.29) is 29.4 Å². The first-order valence-electron chi connectivity index (χ1n) is 7.91. The third-order valence-electron chi connectivity index (χ3n) is 3.92. The van der Waals surface area contributed by atoms with Gasteiger partial charge < -0.3 is 20.9 Å². The molecule has 2 rings (SSSR count). The number of likely N-dealkylation sites (tertiary alicyclic amines) is 1. The Morgan fingerprint density at radius 3 is 2.32 bits per heavy atom. The van der Waals surface area contributed by atoms with Crippen molar-refractivity contribution in [1.82, 2.24) is 20.9 Å². The highest BCUT2D eigenvalue weighted by Gasteiger charge is 2.30. The Morgan fingerprint density at radius 2 is 1.82 bits per heavy atom. The Morgan fingerprint density at radius 1 is 1.18 bits per heavy atom. The van der Waals surface area contributed by atoms with E-state index in [1.165, 1.54) is 0 Å². The van der Waals surface area contributed by atoms with Gasteiger partial charge in [-0.25, -0.2) is 4.79 Å². The largest absolute Gasteiger partial charge is 0.351 e. The quantitative estimate of drug-likeness (QED) is 0.687. The summed E-state index contributed by atoms with van der Waals surface area (Å²) in [5.74, 6) is -0.169. The minimum absolute atomic E-state index is 0.0552. The van der Waals surface area contributed by atoms with Gasteiger partial charge in [-0.1, -0.05) is 0 Å². The van der Waals surface area contributed by atoms with E-state index < -0.39 is 6.04 Å². The van der Waals surface area contributed by atoms with Crippen molar-refractivity contribution in [1.29, 1.82) is 0 Å². The molecule has 1 unspecified atom stereocenters. The number of carbonyl (C=O) groups excluding carboxylic acids is 3. The molecule has 2 aliphatic rings. The standard InChI is InChI=1S/C15H26N4O3/c1-15(2,3)18-14(22)19-8-6-10(7-9-19)16-13(21)11-4-5-12(20)17-11/h10-11H,4-9H2,1-3H3,(H,16,21)(H,17,20)(H,18,22). The average Bonchev–Trinajstić information content (AvgIpc) is 2.84. The lowest BCUT2D eigenvalue weighted by atomic mass is 10.0. The average molecular weight is 310 g/mol. The second kappa shape index (κ2) is 6.54. The third kappa shape index (κ3) is 4.61. The molecule has 22 heavy (non-hydrogen) atoms. The Balaban J connectivity index is 1.74. The maximum absolute atomic E-state index is 12.1. The van der Waals surface area contributed by atoms with Crippen LogP contribution in [0.1, 0.15) is 46.5 Å². The topological polar surface area (TPSA) is 90.5 Å². The number of piperidine rings is 1. The monoisotopic (exact) mass is 310 g/mol. The first-order valence-corrected chi connectivity index (χ1v) is 7.91. The zero-order valence-electron chi connectivity index (χ0n) is 13.6. The number of nitrogens with zero attached hydrogens (tertiary/aromatic N) is 1. The molecule has 1 atom stereocenters. The number of amides is 4. The molecule has 0 aromatic rings. The van der Waals surface area contributed by atoms with E-state index in [4.69, 9.17) is 0 Å². The van der Waals surface area contributed by atoms with E-state index in [0.717, 1.165) is 12.8 Å². The number of urea groups is 1. The summed E-state index contributed by atoms with van der Waals surface area (Å²) in [7, 11) is 0. The fourth-order valence-electron chi connectivity index (χ4n) is 2.74. The molecular weight excluding hydrogens is 284 g/mol. The summed E-state index contributed by atoms with van der Waals surface area (Å²) in [6, 6.07) is -0.376. The van der Waals surface area contributed by atoms with Crippen LogP contribution in [-0.2, 0) is 9.59 Å². The molecule has 0 radical (unpaired) electrons. The van der Waals surface area contributed by atoms with Crippen LogP contribution in [0.5, 0.6) is 0 Å². The van der Waals surface area contributed by atoms with Crippen molar-refractivity contribution in [3.8, 4) is 0 Å². The molecule has 7 heteroatoms. The van der Waals surface area contributed by atoms with E-state index in [2.05, 4.69) is 16.0 Å². The van der Waals surface area contributed by atoms with Crippen molar-refractivity contribution in [2.24, 2.45) is 0 Å². The Kier molecular flexibility index (Phi) is 4.93. The van der Waals surface area contributed by atoms with Crippen LogP contribution in [0.15, 0.2) is 0 Å².